The van der Waals surface area contributed by atoms with Crippen molar-refractivity contribution in [3.8, 4) is 0 Å². The molecule has 0 aromatic heterocycles. The molecule has 2 nitrogen and oxygen atoms in total. The molecule has 0 bridgehead atoms. The fourth-order valence-electron chi connectivity index (χ4n) is 0.347. The van der Waals surface area contributed by atoms with Gasteiger partial charge in [0.25, 0.3) is 0 Å². The molecule has 0 aromatic carbocycles. The minimum Gasteiger partial charge on any atom is -0.291 e. The van der Waals surface area contributed by atoms with Gasteiger partial charge in [0.05, 0.1) is 13.2 Å². The summed E-state index contributed by atoms with van der Waals surface area (Å²) in [5.74, 6) is 0. The van der Waals surface area contributed by atoms with Crippen molar-refractivity contribution in [2.75, 3.05) is 13.2 Å². The molecule has 0 N–H and O–H groups in total. The zero-order valence-corrected chi connectivity index (χ0v) is 5.39. The van der Waals surface area contributed by atoms with Gasteiger partial charge >= 0.3 is 0 Å². The molecule has 1 heterocycles. The van der Waals surface area contributed by atoms with Crippen LogP contribution < -0.4 is 0 Å². The molecule has 0 spiro atoms. The Morgan fingerprint density at radius 3 is 2.14 bits per heavy atom. The Bertz CT molecular complexity index is 75.0. The number of rotatable bonds is 0. The van der Waals surface area contributed by atoms with Gasteiger partial charge in [0.1, 0.15) is 10.0 Å². The average molecular weight is 138 g/mol. The second-order valence-electron chi connectivity index (χ2n) is 1.20. The highest BCUT2D eigenvalue weighted by atomic mass is 32.8. The molecule has 1 fully saturated rings. The van der Waals surface area contributed by atoms with Gasteiger partial charge in [-0.05, 0) is 6.42 Å². The lowest BCUT2D eigenvalue weighted by atomic mass is 10.5. The molecule has 0 amide bonds. The number of hydrogen-bond donors (Lipinski definition) is 0. The van der Waals surface area contributed by atoms with E-state index in [0.717, 1.165) is 19.6 Å². The Morgan fingerprint density at radius 1 is 1.29 bits per heavy atom. The van der Waals surface area contributed by atoms with Crippen LogP contribution in [-0.4, -0.2) is 13.2 Å². The first-order valence-electron chi connectivity index (χ1n) is 2.08. The van der Waals surface area contributed by atoms with E-state index in [-0.39, 0.29) is 0 Å². The normalized spacial score (nSPS) is 25.1. The summed E-state index contributed by atoms with van der Waals surface area (Å²) in [5, 5.41) is 0. The summed E-state index contributed by atoms with van der Waals surface area (Å²) in [6.07, 6.45) is 0.986. The van der Waals surface area contributed by atoms with E-state index < -0.39 is 10.0 Å². The quantitative estimate of drug-likeness (QED) is 0.480. The van der Waals surface area contributed by atoms with E-state index in [1.165, 1.54) is 0 Å². The van der Waals surface area contributed by atoms with Gasteiger partial charge in [-0.3, -0.25) is 8.37 Å². The lowest BCUT2D eigenvalue weighted by Crippen LogP contribution is -2.11. The van der Waals surface area contributed by atoms with Gasteiger partial charge in [-0.1, -0.05) is 0 Å². The van der Waals surface area contributed by atoms with Crippen molar-refractivity contribution in [2.24, 2.45) is 0 Å². The molecule has 0 atom stereocenters. The van der Waals surface area contributed by atoms with Crippen LogP contribution in [0.2, 0.25) is 0 Å². The molecule has 42 valence electrons. The van der Waals surface area contributed by atoms with Crippen LogP contribution >= 0.6 is 0 Å². The largest absolute Gasteiger partial charge is 0.291 e. The predicted molar refractivity (Wildman–Crippen MR) is 31.3 cm³/mol. The zero-order valence-electron chi connectivity index (χ0n) is 3.75. The van der Waals surface area contributed by atoms with Gasteiger partial charge in [-0.2, -0.15) is 0 Å². The first-order valence-corrected chi connectivity index (χ1v) is 4.08. The minimum absolute atomic E-state index is 0.607. The summed E-state index contributed by atoms with van der Waals surface area (Å²) < 4.78 is 9.80. The van der Waals surface area contributed by atoms with Crippen LogP contribution in [0.3, 0.4) is 0 Å². The lowest BCUT2D eigenvalue weighted by Gasteiger charge is -2.10. The Hall–Kier alpha value is 0.490. The van der Waals surface area contributed by atoms with Gasteiger partial charge in [0.15, 0.2) is 0 Å². The molecule has 1 aliphatic heterocycles. The van der Waals surface area contributed by atoms with E-state index in [4.69, 9.17) is 8.37 Å². The molecular weight excluding hydrogens is 132 g/mol. The molecule has 7 heavy (non-hydrogen) atoms. The fourth-order valence-corrected chi connectivity index (χ4v) is 1.33. The van der Waals surface area contributed by atoms with Gasteiger partial charge in [0, 0.05) is 11.2 Å². The van der Waals surface area contributed by atoms with E-state index in [0.29, 0.717) is 0 Å². The fraction of sp³-hybridized carbons (Fsp3) is 1.00. The zero-order chi connectivity index (χ0) is 5.11. The summed E-state index contributed by atoms with van der Waals surface area (Å²) >= 11 is 4.67. The molecule has 4 heteroatoms. The highest BCUT2D eigenvalue weighted by molar-refractivity contribution is 8.23. The summed E-state index contributed by atoms with van der Waals surface area (Å²) in [6.45, 7) is 1.54. The van der Waals surface area contributed by atoms with Crippen LogP contribution in [0.5, 0.6) is 0 Å². The van der Waals surface area contributed by atoms with Crippen molar-refractivity contribution in [2.45, 2.75) is 6.42 Å². The smallest absolute Gasteiger partial charge is 0.148 e. The Kier molecular flexibility index (Phi) is 2.18. The van der Waals surface area contributed by atoms with E-state index in [1.54, 1.807) is 0 Å². The molecule has 0 radical (unpaired) electrons. The molecular formula is C3H6O2S2. The van der Waals surface area contributed by atoms with Crippen LogP contribution in [-0.2, 0) is 29.6 Å². The van der Waals surface area contributed by atoms with E-state index in [2.05, 4.69) is 11.2 Å². The van der Waals surface area contributed by atoms with E-state index in [9.17, 15) is 0 Å². The molecule has 1 saturated heterocycles. The standard InChI is InChI=1S/C3H6O2S2/c6-7-4-2-1-3-5-7/h1-3H2. The van der Waals surface area contributed by atoms with E-state index >= 15 is 0 Å². The Balaban J connectivity index is 2.25. The summed E-state index contributed by atoms with van der Waals surface area (Å²) in [4.78, 5) is 0. The minimum atomic E-state index is -0.607. The second kappa shape index (κ2) is 2.71. The van der Waals surface area contributed by atoms with Gasteiger partial charge in [-0.25, -0.2) is 0 Å². The molecule has 0 aromatic rings. The van der Waals surface area contributed by atoms with Crippen LogP contribution in [0.25, 0.3) is 0 Å². The molecule has 0 saturated carbocycles. The maximum absolute atomic E-state index is 4.90. The van der Waals surface area contributed by atoms with Gasteiger partial charge < -0.3 is 0 Å². The predicted octanol–water partition coefficient (Wildman–Crippen LogP) is 0.334. The maximum atomic E-state index is 4.90. The molecule has 1 rings (SSSR count). The SMILES string of the molecule is S=S1OCCCO1. The summed E-state index contributed by atoms with van der Waals surface area (Å²) in [5.41, 5.74) is 0. The molecule has 1 aliphatic rings. The molecule has 0 unspecified atom stereocenters. The topological polar surface area (TPSA) is 18.5 Å². The third-order valence-corrected chi connectivity index (χ3v) is 1.94. The summed E-state index contributed by atoms with van der Waals surface area (Å²) in [7, 11) is -0.607. The van der Waals surface area contributed by atoms with Crippen molar-refractivity contribution in [3.63, 3.8) is 0 Å². The first kappa shape index (κ1) is 5.62. The lowest BCUT2D eigenvalue weighted by molar-refractivity contribution is 0.207. The van der Waals surface area contributed by atoms with Crippen molar-refractivity contribution in [3.05, 3.63) is 0 Å². The van der Waals surface area contributed by atoms with Crippen LogP contribution in [0, 0.1) is 0 Å². The Labute approximate surface area is 49.8 Å². The van der Waals surface area contributed by atoms with Gasteiger partial charge in [0.2, 0.25) is 0 Å². The van der Waals surface area contributed by atoms with Crippen LogP contribution in [0.1, 0.15) is 6.42 Å². The van der Waals surface area contributed by atoms with Crippen LogP contribution in [0.15, 0.2) is 0 Å². The second-order valence-corrected chi connectivity index (χ2v) is 2.90. The summed E-state index contributed by atoms with van der Waals surface area (Å²) in [6, 6.07) is 0. The van der Waals surface area contributed by atoms with Gasteiger partial charge in [-0.15, -0.1) is 0 Å². The first-order chi connectivity index (χ1) is 3.39. The third kappa shape index (κ3) is 1.82. The monoisotopic (exact) mass is 138 g/mol. The maximum Gasteiger partial charge on any atom is 0.148 e. The van der Waals surface area contributed by atoms with Crippen molar-refractivity contribution in [1.82, 2.24) is 0 Å². The Morgan fingerprint density at radius 2 is 1.86 bits per heavy atom. The average Bonchev–Trinajstić information content (AvgIpc) is 1.69. The highest BCUT2D eigenvalue weighted by Crippen LogP contribution is 1.99. The van der Waals surface area contributed by atoms with Crippen molar-refractivity contribution in [1.29, 1.82) is 0 Å². The van der Waals surface area contributed by atoms with E-state index in [1.807, 2.05) is 0 Å². The molecule has 0 aliphatic carbocycles. The van der Waals surface area contributed by atoms with Crippen molar-refractivity contribution >= 4 is 21.2 Å². The number of hydrogen-bond acceptors (Lipinski definition) is 3. The van der Waals surface area contributed by atoms with Crippen LogP contribution in [0.4, 0.5) is 0 Å². The highest BCUT2D eigenvalue weighted by Gasteiger charge is 2.01. The van der Waals surface area contributed by atoms with Crippen molar-refractivity contribution < 1.29 is 8.37 Å². The third-order valence-electron chi connectivity index (χ3n) is 0.648.